The number of rotatable bonds is 9. The normalized spacial score (nSPS) is 13.5. The molecule has 0 heterocycles. The molecule has 0 spiro atoms. The van der Waals surface area contributed by atoms with Crippen LogP contribution in [0.4, 0.5) is 0 Å². The second-order valence-electron chi connectivity index (χ2n) is 7.33. The molecule has 2 aromatic rings. The Hall–Kier alpha value is -2.40. The Morgan fingerprint density at radius 3 is 2.46 bits per heavy atom. The fourth-order valence-corrected chi connectivity index (χ4v) is 3.24. The van der Waals surface area contributed by atoms with E-state index in [9.17, 15) is 9.59 Å². The summed E-state index contributed by atoms with van der Waals surface area (Å²) in [6, 6.07) is 13.5. The number of hydrogen-bond donors (Lipinski definition) is 3. The van der Waals surface area contributed by atoms with E-state index in [1.165, 1.54) is 0 Å². The molecule has 0 fully saturated rings. The van der Waals surface area contributed by atoms with Crippen LogP contribution >= 0.6 is 0 Å². The number of carboxylic acids is 1. The summed E-state index contributed by atoms with van der Waals surface area (Å²) in [5.41, 5.74) is 7.06. The third kappa shape index (κ3) is 6.15. The van der Waals surface area contributed by atoms with Gasteiger partial charge in [-0.1, -0.05) is 56.3 Å². The summed E-state index contributed by atoms with van der Waals surface area (Å²) in [7, 11) is 0. The number of amides is 1. The topological polar surface area (TPSA) is 92.4 Å². The van der Waals surface area contributed by atoms with Crippen LogP contribution < -0.4 is 11.1 Å². The molecule has 0 aliphatic heterocycles. The number of nitrogens with one attached hydrogen (secondary N) is 1. The molecule has 140 valence electrons. The second-order valence-corrected chi connectivity index (χ2v) is 7.33. The summed E-state index contributed by atoms with van der Waals surface area (Å²) in [5.74, 6) is -0.783. The van der Waals surface area contributed by atoms with Crippen molar-refractivity contribution in [1.82, 2.24) is 5.32 Å². The molecule has 0 aromatic heterocycles. The molecule has 2 rings (SSSR count). The van der Waals surface area contributed by atoms with Gasteiger partial charge < -0.3 is 16.2 Å². The Balaban J connectivity index is 1.91. The smallest absolute Gasteiger partial charge is 0.303 e. The van der Waals surface area contributed by atoms with E-state index in [1.54, 1.807) is 0 Å². The van der Waals surface area contributed by atoms with Crippen LogP contribution in [0.25, 0.3) is 10.8 Å². The van der Waals surface area contributed by atoms with Gasteiger partial charge in [0.25, 0.3) is 0 Å². The zero-order valence-electron chi connectivity index (χ0n) is 15.4. The standard InChI is InChI=1S/C21H28N2O3/c1-14(2)9-16(12-20(24)25)13-23-21(26)19(22)11-15-7-8-17-5-3-4-6-18(17)10-15/h3-8,10,14,16,19H,9,11-13,22H2,1-2H3,(H,23,26)(H,24,25)/t16-,19-/m1/s1. The van der Waals surface area contributed by atoms with Gasteiger partial charge in [0.15, 0.2) is 0 Å². The summed E-state index contributed by atoms with van der Waals surface area (Å²) in [5, 5.41) is 14.1. The minimum absolute atomic E-state index is 0.0539. The van der Waals surface area contributed by atoms with Crippen molar-refractivity contribution < 1.29 is 14.7 Å². The van der Waals surface area contributed by atoms with Crippen molar-refractivity contribution in [3.8, 4) is 0 Å². The Kier molecular flexibility index (Phi) is 7.16. The predicted molar refractivity (Wildman–Crippen MR) is 104 cm³/mol. The van der Waals surface area contributed by atoms with Crippen molar-refractivity contribution in [1.29, 1.82) is 0 Å². The number of benzene rings is 2. The van der Waals surface area contributed by atoms with Crippen molar-refractivity contribution in [2.75, 3.05) is 6.54 Å². The molecule has 1 amide bonds. The van der Waals surface area contributed by atoms with E-state index in [0.717, 1.165) is 22.8 Å². The van der Waals surface area contributed by atoms with Crippen LogP contribution in [0.5, 0.6) is 0 Å². The van der Waals surface area contributed by atoms with Crippen molar-refractivity contribution in [3.05, 3.63) is 48.0 Å². The molecule has 5 heteroatoms. The first kappa shape index (κ1) is 19.9. The fraction of sp³-hybridized carbons (Fsp3) is 0.429. The van der Waals surface area contributed by atoms with Gasteiger partial charge in [-0.3, -0.25) is 9.59 Å². The maximum Gasteiger partial charge on any atom is 0.303 e. The fourth-order valence-electron chi connectivity index (χ4n) is 3.24. The molecule has 2 aromatic carbocycles. The lowest BCUT2D eigenvalue weighted by Gasteiger charge is -2.19. The van der Waals surface area contributed by atoms with E-state index in [0.29, 0.717) is 18.9 Å². The number of fused-ring (bicyclic) bond motifs is 1. The van der Waals surface area contributed by atoms with Crippen LogP contribution in [0.15, 0.2) is 42.5 Å². The molecule has 0 unspecified atom stereocenters. The Labute approximate surface area is 154 Å². The molecule has 4 N–H and O–H groups in total. The minimum Gasteiger partial charge on any atom is -0.481 e. The average molecular weight is 356 g/mol. The highest BCUT2D eigenvalue weighted by atomic mass is 16.4. The molecule has 0 radical (unpaired) electrons. The maximum atomic E-state index is 12.3. The number of aliphatic carboxylic acids is 1. The molecule has 26 heavy (non-hydrogen) atoms. The zero-order valence-corrected chi connectivity index (χ0v) is 15.4. The van der Waals surface area contributed by atoms with Gasteiger partial charge in [0.1, 0.15) is 0 Å². The zero-order chi connectivity index (χ0) is 19.1. The van der Waals surface area contributed by atoms with Crippen LogP contribution in [-0.2, 0) is 16.0 Å². The SMILES string of the molecule is CC(C)C[C@@H](CNC(=O)[C@H](N)Cc1ccc2ccccc2c1)CC(=O)O. The summed E-state index contributed by atoms with van der Waals surface area (Å²) in [6.45, 7) is 4.43. The molecule has 0 saturated carbocycles. The van der Waals surface area contributed by atoms with Gasteiger partial charge in [-0.15, -0.1) is 0 Å². The van der Waals surface area contributed by atoms with E-state index in [4.69, 9.17) is 10.8 Å². The molecule has 0 bridgehead atoms. The van der Waals surface area contributed by atoms with Gasteiger partial charge in [-0.05, 0) is 41.0 Å². The third-order valence-corrected chi connectivity index (χ3v) is 4.44. The first-order chi connectivity index (χ1) is 12.3. The van der Waals surface area contributed by atoms with Crippen LogP contribution in [0.3, 0.4) is 0 Å². The van der Waals surface area contributed by atoms with E-state index >= 15 is 0 Å². The molecule has 0 saturated heterocycles. The van der Waals surface area contributed by atoms with Gasteiger partial charge >= 0.3 is 5.97 Å². The lowest BCUT2D eigenvalue weighted by Crippen LogP contribution is -2.44. The van der Waals surface area contributed by atoms with Crippen molar-refractivity contribution in [3.63, 3.8) is 0 Å². The first-order valence-electron chi connectivity index (χ1n) is 9.08. The quantitative estimate of drug-likeness (QED) is 0.644. The van der Waals surface area contributed by atoms with Crippen LogP contribution in [0, 0.1) is 11.8 Å². The summed E-state index contributed by atoms with van der Waals surface area (Å²) in [4.78, 5) is 23.3. The highest BCUT2D eigenvalue weighted by Crippen LogP contribution is 2.17. The Morgan fingerprint density at radius 1 is 1.12 bits per heavy atom. The lowest BCUT2D eigenvalue weighted by atomic mass is 9.94. The van der Waals surface area contributed by atoms with Crippen LogP contribution in [-0.4, -0.2) is 29.6 Å². The number of carboxylic acid groups (broad SMARTS) is 1. The average Bonchev–Trinajstić information content (AvgIpc) is 2.58. The third-order valence-electron chi connectivity index (χ3n) is 4.44. The maximum absolute atomic E-state index is 12.3. The van der Waals surface area contributed by atoms with E-state index in [-0.39, 0.29) is 18.2 Å². The van der Waals surface area contributed by atoms with Gasteiger partial charge in [0, 0.05) is 13.0 Å². The van der Waals surface area contributed by atoms with Gasteiger partial charge in [-0.2, -0.15) is 0 Å². The molecule has 0 aliphatic rings. The number of hydrogen-bond acceptors (Lipinski definition) is 3. The lowest BCUT2D eigenvalue weighted by molar-refractivity contribution is -0.138. The number of carbonyl (C=O) groups excluding carboxylic acids is 1. The first-order valence-corrected chi connectivity index (χ1v) is 9.08. The molecular formula is C21H28N2O3. The van der Waals surface area contributed by atoms with Gasteiger partial charge in [0.2, 0.25) is 5.91 Å². The predicted octanol–water partition coefficient (Wildman–Crippen LogP) is 2.96. The largest absolute Gasteiger partial charge is 0.481 e. The minimum atomic E-state index is -0.842. The van der Waals surface area contributed by atoms with Crippen LogP contribution in [0.2, 0.25) is 0 Å². The highest BCUT2D eigenvalue weighted by Gasteiger charge is 2.19. The van der Waals surface area contributed by atoms with Crippen LogP contribution in [0.1, 0.15) is 32.3 Å². The monoisotopic (exact) mass is 356 g/mol. The van der Waals surface area contributed by atoms with Crippen molar-refractivity contribution in [2.45, 2.75) is 39.2 Å². The van der Waals surface area contributed by atoms with E-state index in [2.05, 4.69) is 11.4 Å². The summed E-state index contributed by atoms with van der Waals surface area (Å²) in [6.07, 6.45) is 1.26. The molecule has 2 atom stereocenters. The highest BCUT2D eigenvalue weighted by molar-refractivity contribution is 5.84. The van der Waals surface area contributed by atoms with E-state index in [1.807, 2.05) is 50.2 Å². The molecule has 0 aliphatic carbocycles. The van der Waals surface area contributed by atoms with Crippen molar-refractivity contribution >= 4 is 22.6 Å². The number of nitrogens with two attached hydrogens (primary N) is 1. The van der Waals surface area contributed by atoms with Crippen molar-refractivity contribution in [2.24, 2.45) is 17.6 Å². The van der Waals surface area contributed by atoms with Gasteiger partial charge in [-0.25, -0.2) is 0 Å². The van der Waals surface area contributed by atoms with E-state index < -0.39 is 12.0 Å². The Bertz CT molecular complexity index is 758. The second kappa shape index (κ2) is 9.34. The summed E-state index contributed by atoms with van der Waals surface area (Å²) < 4.78 is 0. The molecule has 5 nitrogen and oxygen atoms in total. The summed E-state index contributed by atoms with van der Waals surface area (Å²) >= 11 is 0. The van der Waals surface area contributed by atoms with Gasteiger partial charge in [0.05, 0.1) is 6.04 Å². The Morgan fingerprint density at radius 2 is 1.81 bits per heavy atom. The number of carbonyl (C=O) groups is 2. The molecular weight excluding hydrogens is 328 g/mol.